The van der Waals surface area contributed by atoms with Crippen LogP contribution in [-0.2, 0) is 32.0 Å². The summed E-state index contributed by atoms with van der Waals surface area (Å²) in [6.07, 6.45) is 2.80. The molecule has 0 radical (unpaired) electrons. The monoisotopic (exact) mass is 694 g/mol. The molecule has 2 aromatic carbocycles. The Morgan fingerprint density at radius 2 is 1.28 bits per heavy atom. The van der Waals surface area contributed by atoms with Gasteiger partial charge in [-0.1, -0.05) is 74.5 Å². The van der Waals surface area contributed by atoms with Crippen molar-refractivity contribution in [2.75, 3.05) is 19.6 Å². The zero-order chi connectivity index (χ0) is 36.7. The summed E-state index contributed by atoms with van der Waals surface area (Å²) in [4.78, 5) is 56.3. The first-order valence-corrected chi connectivity index (χ1v) is 17.6. The fourth-order valence-electron chi connectivity index (χ4n) is 5.96. The summed E-state index contributed by atoms with van der Waals surface area (Å²) in [5, 5.41) is 38.2. The first kappa shape index (κ1) is 40.6. The van der Waals surface area contributed by atoms with E-state index in [2.05, 4.69) is 16.0 Å². The average molecular weight is 695 g/mol. The van der Waals surface area contributed by atoms with Gasteiger partial charge in [-0.15, -0.1) is 0 Å². The van der Waals surface area contributed by atoms with E-state index < -0.39 is 54.5 Å². The maximum absolute atomic E-state index is 13.9. The molecule has 0 spiro atoms. The van der Waals surface area contributed by atoms with Crippen LogP contribution in [0.15, 0.2) is 60.7 Å². The maximum atomic E-state index is 13.9. The summed E-state index contributed by atoms with van der Waals surface area (Å²) in [5.41, 5.74) is 11.9. The molecule has 0 aromatic heterocycles. The van der Waals surface area contributed by atoms with Crippen molar-refractivity contribution in [2.45, 2.75) is 101 Å². The van der Waals surface area contributed by atoms with Crippen molar-refractivity contribution < 1.29 is 34.3 Å². The lowest BCUT2D eigenvalue weighted by Crippen LogP contribution is -2.60. The lowest BCUT2D eigenvalue weighted by Gasteiger charge is -2.39. The standard InChI is InChI=1S/C36H55BN6O7/c1-25(2)16-17-29(33(45)41-30(15-9-10-20-38)35(47)43-21-18-36(48,19-22-43)37(49)50)40-34(46)31(24-27-13-7-4-8-14-27)42-32(44)28(39)23-26-11-5-3-6-12-26/h3-8,11-14,25,28-31,48-50H,9-10,15-24,38-39H2,1-2H3,(H,40,46)(H,41,45)(H,42,44)/t28-,29-,30-,31-/m1/s1. The molecular formula is C36H55BN6O7. The quantitative estimate of drug-likeness (QED) is 0.0742. The third kappa shape index (κ3) is 12.8. The number of nitrogens with zero attached hydrogens (tertiary/aromatic N) is 1. The lowest BCUT2D eigenvalue weighted by molar-refractivity contribution is -0.140. The van der Waals surface area contributed by atoms with Crippen LogP contribution in [0.2, 0.25) is 0 Å². The van der Waals surface area contributed by atoms with Gasteiger partial charge < -0.3 is 47.5 Å². The van der Waals surface area contributed by atoms with Crippen molar-refractivity contribution >= 4 is 30.7 Å². The number of carbonyl (C=O) groups is 4. The molecule has 0 bridgehead atoms. The fourth-order valence-corrected chi connectivity index (χ4v) is 5.96. The van der Waals surface area contributed by atoms with Crippen LogP contribution < -0.4 is 27.4 Å². The highest BCUT2D eigenvalue weighted by Gasteiger charge is 2.44. The van der Waals surface area contributed by atoms with Crippen LogP contribution in [0.1, 0.15) is 69.9 Å². The molecule has 0 unspecified atom stereocenters. The van der Waals surface area contributed by atoms with Crippen LogP contribution in [0.5, 0.6) is 0 Å². The van der Waals surface area contributed by atoms with E-state index in [0.717, 1.165) is 11.1 Å². The van der Waals surface area contributed by atoms with Crippen molar-refractivity contribution in [1.82, 2.24) is 20.9 Å². The highest BCUT2D eigenvalue weighted by molar-refractivity contribution is 6.45. The summed E-state index contributed by atoms with van der Waals surface area (Å²) < 4.78 is 0. The number of carbonyl (C=O) groups excluding carboxylic acids is 4. The van der Waals surface area contributed by atoms with E-state index in [1.807, 2.05) is 74.5 Å². The number of amides is 4. The van der Waals surface area contributed by atoms with Gasteiger partial charge >= 0.3 is 7.12 Å². The van der Waals surface area contributed by atoms with E-state index >= 15 is 0 Å². The Bertz CT molecular complexity index is 1360. The predicted octanol–water partition coefficient (Wildman–Crippen LogP) is 0.184. The summed E-state index contributed by atoms with van der Waals surface area (Å²) >= 11 is 0. The Labute approximate surface area is 295 Å². The van der Waals surface area contributed by atoms with Gasteiger partial charge in [0.2, 0.25) is 23.6 Å². The molecular weight excluding hydrogens is 639 g/mol. The summed E-state index contributed by atoms with van der Waals surface area (Å²) in [7, 11) is -1.93. The Hall–Kier alpha value is -3.82. The first-order valence-electron chi connectivity index (χ1n) is 17.6. The normalized spacial score (nSPS) is 16.5. The van der Waals surface area contributed by atoms with Crippen molar-refractivity contribution in [3.63, 3.8) is 0 Å². The number of nitrogens with two attached hydrogens (primary N) is 2. The van der Waals surface area contributed by atoms with Crippen LogP contribution in [0.4, 0.5) is 0 Å². The SMILES string of the molecule is CC(C)CC[C@@H](NC(=O)[C@@H](Cc1ccccc1)NC(=O)[C@H](N)Cc1ccccc1)C(=O)N[C@H](CCCCN)C(=O)N1CCC(O)(B(O)O)CC1. The highest BCUT2D eigenvalue weighted by atomic mass is 16.4. The third-order valence-corrected chi connectivity index (χ3v) is 9.20. The second-order valence-electron chi connectivity index (χ2n) is 13.7. The van der Waals surface area contributed by atoms with Gasteiger partial charge in [-0.25, -0.2) is 0 Å². The number of hydrogen-bond donors (Lipinski definition) is 8. The molecule has 1 aliphatic rings. The smallest absolute Gasteiger partial charge is 0.425 e. The molecule has 3 rings (SSSR count). The predicted molar refractivity (Wildman–Crippen MR) is 192 cm³/mol. The second-order valence-corrected chi connectivity index (χ2v) is 13.7. The zero-order valence-corrected chi connectivity index (χ0v) is 29.3. The first-order chi connectivity index (χ1) is 23.8. The Balaban J connectivity index is 1.78. The van der Waals surface area contributed by atoms with E-state index in [-0.39, 0.29) is 50.6 Å². The number of nitrogens with one attached hydrogen (secondary N) is 3. The minimum atomic E-state index is -1.93. The molecule has 4 amide bonds. The van der Waals surface area contributed by atoms with Gasteiger partial charge in [0.1, 0.15) is 23.6 Å². The Morgan fingerprint density at radius 1 is 0.760 bits per heavy atom. The molecule has 14 heteroatoms. The van der Waals surface area contributed by atoms with E-state index in [4.69, 9.17) is 11.5 Å². The molecule has 0 aliphatic carbocycles. The van der Waals surface area contributed by atoms with Crippen molar-refractivity contribution in [3.8, 4) is 0 Å². The van der Waals surface area contributed by atoms with E-state index in [1.165, 1.54) is 4.90 Å². The number of likely N-dealkylation sites (tertiary alicyclic amines) is 1. The van der Waals surface area contributed by atoms with Crippen LogP contribution in [0, 0.1) is 5.92 Å². The highest BCUT2D eigenvalue weighted by Crippen LogP contribution is 2.24. The van der Waals surface area contributed by atoms with Gasteiger partial charge in [-0.05, 0) is 75.0 Å². The van der Waals surface area contributed by atoms with Gasteiger partial charge in [-0.2, -0.15) is 0 Å². The summed E-state index contributed by atoms with van der Waals surface area (Å²) in [6.45, 7) is 4.58. The molecule has 274 valence electrons. The third-order valence-electron chi connectivity index (χ3n) is 9.20. The molecule has 50 heavy (non-hydrogen) atoms. The average Bonchev–Trinajstić information content (AvgIpc) is 3.10. The molecule has 1 heterocycles. The Kier molecular flexibility index (Phi) is 16.4. The minimum Gasteiger partial charge on any atom is -0.425 e. The molecule has 10 N–H and O–H groups in total. The van der Waals surface area contributed by atoms with E-state index in [1.54, 1.807) is 0 Å². The van der Waals surface area contributed by atoms with Gasteiger partial charge in [-0.3, -0.25) is 19.2 Å². The maximum Gasteiger partial charge on any atom is 0.485 e. The van der Waals surface area contributed by atoms with Crippen molar-refractivity contribution in [2.24, 2.45) is 17.4 Å². The minimum absolute atomic E-state index is 0.0313. The second kappa shape index (κ2) is 20.1. The summed E-state index contributed by atoms with van der Waals surface area (Å²) in [6, 6.07) is 14.7. The number of piperidine rings is 1. The lowest BCUT2D eigenvalue weighted by atomic mass is 9.63. The molecule has 4 atom stereocenters. The number of benzene rings is 2. The molecule has 13 nitrogen and oxygen atoms in total. The van der Waals surface area contributed by atoms with Gasteiger partial charge in [0.25, 0.3) is 0 Å². The largest absolute Gasteiger partial charge is 0.485 e. The molecule has 1 saturated heterocycles. The van der Waals surface area contributed by atoms with Crippen molar-refractivity contribution in [3.05, 3.63) is 71.8 Å². The number of unbranched alkanes of at least 4 members (excludes halogenated alkanes) is 1. The molecule has 1 fully saturated rings. The van der Waals surface area contributed by atoms with Gasteiger partial charge in [0, 0.05) is 19.5 Å². The molecule has 2 aromatic rings. The summed E-state index contributed by atoms with van der Waals surface area (Å²) in [5.74, 6) is -1.73. The van der Waals surface area contributed by atoms with Crippen LogP contribution in [0.25, 0.3) is 0 Å². The van der Waals surface area contributed by atoms with Crippen molar-refractivity contribution in [1.29, 1.82) is 0 Å². The number of rotatable bonds is 19. The zero-order valence-electron chi connectivity index (χ0n) is 29.3. The van der Waals surface area contributed by atoms with E-state index in [9.17, 15) is 34.3 Å². The van der Waals surface area contributed by atoms with Gasteiger partial charge in [0.15, 0.2) is 0 Å². The molecule has 1 aliphatic heterocycles. The molecule has 0 saturated carbocycles. The Morgan fingerprint density at radius 3 is 1.82 bits per heavy atom. The van der Waals surface area contributed by atoms with Crippen LogP contribution >= 0.6 is 0 Å². The van der Waals surface area contributed by atoms with Gasteiger partial charge in [0.05, 0.1) is 6.04 Å². The fraction of sp³-hybridized carbons (Fsp3) is 0.556. The number of aliphatic hydroxyl groups is 1. The van der Waals surface area contributed by atoms with Crippen LogP contribution in [-0.4, -0.2) is 100 Å². The number of hydrogen-bond acceptors (Lipinski definition) is 9. The van der Waals surface area contributed by atoms with Crippen LogP contribution in [0.3, 0.4) is 0 Å². The topological polar surface area (TPSA) is 220 Å². The van der Waals surface area contributed by atoms with E-state index in [0.29, 0.717) is 38.6 Å².